The standard InChI is InChI=1S/C20H22O3/c1-4-5-8-13-22-18-12-11-16-9-6-7-10-17(16)20(18)23-19(21)14-15(2)3/h5-12,14H,4,13H2,1-3H3. The lowest BCUT2D eigenvalue weighted by Gasteiger charge is -2.12. The van der Waals surface area contributed by atoms with Crippen LogP contribution in [0.25, 0.3) is 10.8 Å². The number of ether oxygens (including phenoxy) is 2. The molecule has 0 spiro atoms. The molecule has 3 nitrogen and oxygen atoms in total. The number of hydrogen-bond acceptors (Lipinski definition) is 3. The molecule has 0 heterocycles. The molecule has 2 rings (SSSR count). The number of allylic oxidation sites excluding steroid dienone is 2. The minimum atomic E-state index is -0.393. The summed E-state index contributed by atoms with van der Waals surface area (Å²) in [4.78, 5) is 12.0. The first-order valence-electron chi connectivity index (χ1n) is 7.78. The zero-order valence-electron chi connectivity index (χ0n) is 13.8. The Morgan fingerprint density at radius 3 is 2.61 bits per heavy atom. The molecule has 0 aromatic heterocycles. The fourth-order valence-corrected chi connectivity index (χ4v) is 2.18. The van der Waals surface area contributed by atoms with E-state index < -0.39 is 5.97 Å². The van der Waals surface area contributed by atoms with Gasteiger partial charge in [-0.1, -0.05) is 55.0 Å². The molecule has 23 heavy (non-hydrogen) atoms. The molecule has 0 saturated heterocycles. The van der Waals surface area contributed by atoms with Gasteiger partial charge in [-0.15, -0.1) is 0 Å². The predicted octanol–water partition coefficient (Wildman–Crippen LogP) is 5.06. The predicted molar refractivity (Wildman–Crippen MR) is 93.9 cm³/mol. The van der Waals surface area contributed by atoms with Gasteiger partial charge in [-0.2, -0.15) is 0 Å². The molecule has 0 aliphatic rings. The molecule has 0 amide bonds. The van der Waals surface area contributed by atoms with Gasteiger partial charge in [-0.05, 0) is 31.7 Å². The van der Waals surface area contributed by atoms with Crippen LogP contribution in [-0.4, -0.2) is 12.6 Å². The van der Waals surface area contributed by atoms with E-state index in [-0.39, 0.29) is 0 Å². The average Bonchev–Trinajstić information content (AvgIpc) is 2.52. The quantitative estimate of drug-likeness (QED) is 0.324. The van der Waals surface area contributed by atoms with Crippen molar-refractivity contribution in [1.82, 2.24) is 0 Å². The second-order valence-electron chi connectivity index (χ2n) is 5.45. The van der Waals surface area contributed by atoms with Crippen LogP contribution in [0.5, 0.6) is 11.5 Å². The topological polar surface area (TPSA) is 35.5 Å². The van der Waals surface area contributed by atoms with E-state index in [2.05, 4.69) is 6.92 Å². The summed E-state index contributed by atoms with van der Waals surface area (Å²) in [6.07, 6.45) is 6.43. The highest BCUT2D eigenvalue weighted by Gasteiger charge is 2.13. The van der Waals surface area contributed by atoms with Crippen LogP contribution in [0.4, 0.5) is 0 Å². The second-order valence-corrected chi connectivity index (χ2v) is 5.45. The van der Waals surface area contributed by atoms with Crippen molar-refractivity contribution in [2.45, 2.75) is 27.2 Å². The van der Waals surface area contributed by atoms with Crippen molar-refractivity contribution in [3.8, 4) is 11.5 Å². The lowest BCUT2D eigenvalue weighted by atomic mass is 10.1. The molecule has 0 aliphatic carbocycles. The number of carbonyl (C=O) groups excluding carboxylic acids is 1. The molecular formula is C20H22O3. The van der Waals surface area contributed by atoms with Gasteiger partial charge in [-0.25, -0.2) is 4.79 Å². The fraction of sp³-hybridized carbons (Fsp3) is 0.250. The van der Waals surface area contributed by atoms with E-state index in [0.29, 0.717) is 18.1 Å². The van der Waals surface area contributed by atoms with Crippen molar-refractivity contribution in [1.29, 1.82) is 0 Å². The highest BCUT2D eigenvalue weighted by molar-refractivity contribution is 5.94. The summed E-state index contributed by atoms with van der Waals surface area (Å²) in [5.74, 6) is 0.644. The summed E-state index contributed by atoms with van der Waals surface area (Å²) in [5, 5.41) is 1.86. The third-order valence-corrected chi connectivity index (χ3v) is 3.19. The average molecular weight is 310 g/mol. The van der Waals surface area contributed by atoms with E-state index in [0.717, 1.165) is 22.8 Å². The highest BCUT2D eigenvalue weighted by Crippen LogP contribution is 2.36. The minimum Gasteiger partial charge on any atom is -0.486 e. The molecule has 3 heteroatoms. The molecule has 0 fully saturated rings. The number of fused-ring (bicyclic) bond motifs is 1. The largest absolute Gasteiger partial charge is 0.486 e. The third-order valence-electron chi connectivity index (χ3n) is 3.19. The van der Waals surface area contributed by atoms with Crippen LogP contribution in [-0.2, 0) is 4.79 Å². The smallest absolute Gasteiger partial charge is 0.336 e. The zero-order chi connectivity index (χ0) is 16.7. The molecule has 2 aromatic rings. The Labute approximate surface area is 137 Å². The summed E-state index contributed by atoms with van der Waals surface area (Å²) in [7, 11) is 0. The van der Waals surface area contributed by atoms with Crippen LogP contribution in [0.3, 0.4) is 0 Å². The Hall–Kier alpha value is -2.55. The summed E-state index contributed by atoms with van der Waals surface area (Å²) in [6.45, 7) is 6.23. The van der Waals surface area contributed by atoms with Gasteiger partial charge in [0, 0.05) is 11.5 Å². The monoisotopic (exact) mass is 310 g/mol. The van der Waals surface area contributed by atoms with Crippen molar-refractivity contribution >= 4 is 16.7 Å². The normalized spacial score (nSPS) is 10.7. The first-order valence-corrected chi connectivity index (χ1v) is 7.78. The molecule has 120 valence electrons. The van der Waals surface area contributed by atoms with Gasteiger partial charge in [0.1, 0.15) is 6.61 Å². The Morgan fingerprint density at radius 2 is 1.87 bits per heavy atom. The van der Waals surface area contributed by atoms with E-state index in [9.17, 15) is 4.79 Å². The van der Waals surface area contributed by atoms with Crippen LogP contribution >= 0.6 is 0 Å². The van der Waals surface area contributed by atoms with E-state index in [1.807, 2.05) is 62.4 Å². The number of carbonyl (C=O) groups is 1. The van der Waals surface area contributed by atoms with Gasteiger partial charge in [0.05, 0.1) is 0 Å². The first kappa shape index (κ1) is 16.8. The molecule has 0 aliphatic heterocycles. The van der Waals surface area contributed by atoms with Crippen LogP contribution in [0, 0.1) is 0 Å². The summed E-state index contributed by atoms with van der Waals surface area (Å²) >= 11 is 0. The zero-order valence-corrected chi connectivity index (χ0v) is 13.8. The Kier molecular flexibility index (Phi) is 5.98. The van der Waals surface area contributed by atoms with E-state index in [4.69, 9.17) is 9.47 Å². The van der Waals surface area contributed by atoms with E-state index in [1.54, 1.807) is 0 Å². The van der Waals surface area contributed by atoms with Gasteiger partial charge in [0.2, 0.25) is 0 Å². The number of esters is 1. The third kappa shape index (κ3) is 4.71. The van der Waals surface area contributed by atoms with Gasteiger partial charge in [0.25, 0.3) is 0 Å². The number of hydrogen-bond donors (Lipinski definition) is 0. The maximum Gasteiger partial charge on any atom is 0.336 e. The summed E-state index contributed by atoms with van der Waals surface area (Å²) in [6, 6.07) is 11.6. The van der Waals surface area contributed by atoms with Gasteiger partial charge >= 0.3 is 5.97 Å². The molecule has 2 aromatic carbocycles. The van der Waals surface area contributed by atoms with Gasteiger partial charge in [-0.3, -0.25) is 0 Å². The molecule has 0 atom stereocenters. The Morgan fingerprint density at radius 1 is 1.09 bits per heavy atom. The lowest BCUT2D eigenvalue weighted by molar-refractivity contribution is -0.129. The van der Waals surface area contributed by atoms with Crippen LogP contribution < -0.4 is 9.47 Å². The molecular weight excluding hydrogens is 288 g/mol. The molecule has 0 radical (unpaired) electrons. The van der Waals surface area contributed by atoms with Crippen LogP contribution in [0.2, 0.25) is 0 Å². The summed E-state index contributed by atoms with van der Waals surface area (Å²) in [5.41, 5.74) is 0.892. The molecule has 0 unspecified atom stereocenters. The van der Waals surface area contributed by atoms with Crippen molar-refractivity contribution in [2.24, 2.45) is 0 Å². The van der Waals surface area contributed by atoms with Crippen molar-refractivity contribution in [3.63, 3.8) is 0 Å². The Bertz CT molecular complexity index is 738. The molecule has 0 saturated carbocycles. The first-order chi connectivity index (χ1) is 11.1. The van der Waals surface area contributed by atoms with Crippen molar-refractivity contribution in [2.75, 3.05) is 6.61 Å². The molecule has 0 bridgehead atoms. The van der Waals surface area contributed by atoms with Crippen molar-refractivity contribution < 1.29 is 14.3 Å². The fourth-order valence-electron chi connectivity index (χ4n) is 2.18. The minimum absolute atomic E-state index is 0.393. The van der Waals surface area contributed by atoms with Crippen LogP contribution in [0.1, 0.15) is 27.2 Å². The second kappa shape index (κ2) is 8.18. The molecule has 0 N–H and O–H groups in total. The number of benzene rings is 2. The summed E-state index contributed by atoms with van der Waals surface area (Å²) < 4.78 is 11.3. The lowest BCUT2D eigenvalue weighted by Crippen LogP contribution is -2.07. The Balaban J connectivity index is 2.37. The van der Waals surface area contributed by atoms with Gasteiger partial charge < -0.3 is 9.47 Å². The van der Waals surface area contributed by atoms with Crippen LogP contribution in [0.15, 0.2) is 60.2 Å². The maximum absolute atomic E-state index is 12.0. The maximum atomic E-state index is 12.0. The van der Waals surface area contributed by atoms with E-state index in [1.165, 1.54) is 6.08 Å². The van der Waals surface area contributed by atoms with E-state index >= 15 is 0 Å². The number of rotatable bonds is 6. The SMILES string of the molecule is CCC=CCOc1ccc2ccccc2c1OC(=O)C=C(C)C. The van der Waals surface area contributed by atoms with Crippen molar-refractivity contribution in [3.05, 3.63) is 60.2 Å². The highest BCUT2D eigenvalue weighted by atomic mass is 16.6. The van der Waals surface area contributed by atoms with Gasteiger partial charge in [0.15, 0.2) is 11.5 Å².